The predicted molar refractivity (Wildman–Crippen MR) is 54.7 cm³/mol. The van der Waals surface area contributed by atoms with Crippen LogP contribution in [-0.2, 0) is 9.53 Å². The molecule has 2 aliphatic rings. The molecule has 0 saturated heterocycles. The molecule has 0 aromatic carbocycles. The lowest BCUT2D eigenvalue weighted by Crippen LogP contribution is -2.32. The molecule has 2 heteroatoms. The molecule has 0 aromatic rings. The van der Waals surface area contributed by atoms with Crippen molar-refractivity contribution >= 4 is 5.97 Å². The molecule has 0 amide bonds. The Balaban J connectivity index is 2.08. The van der Waals surface area contributed by atoms with Crippen LogP contribution in [0.25, 0.3) is 0 Å². The number of hydrogen-bond donors (Lipinski definition) is 0. The van der Waals surface area contributed by atoms with Crippen molar-refractivity contribution in [3.63, 3.8) is 0 Å². The molecule has 0 radical (unpaired) electrons. The molecule has 14 heavy (non-hydrogen) atoms. The summed E-state index contributed by atoms with van der Waals surface area (Å²) < 4.78 is 4.77. The van der Waals surface area contributed by atoms with Gasteiger partial charge in [-0.05, 0) is 42.4 Å². The number of ether oxygens (including phenoxy) is 1. The Morgan fingerprint density at radius 3 is 2.64 bits per heavy atom. The van der Waals surface area contributed by atoms with E-state index in [9.17, 15) is 4.79 Å². The van der Waals surface area contributed by atoms with E-state index < -0.39 is 0 Å². The quantitative estimate of drug-likeness (QED) is 0.635. The summed E-state index contributed by atoms with van der Waals surface area (Å²) in [5.74, 6) is 2.17. The third kappa shape index (κ3) is 1.35. The van der Waals surface area contributed by atoms with Crippen LogP contribution in [0.2, 0.25) is 0 Å². The largest absolute Gasteiger partial charge is 0.469 e. The number of fused-ring (bicyclic) bond motifs is 2. The normalized spacial score (nSPS) is 38.6. The Labute approximate surface area is 86.0 Å². The highest BCUT2D eigenvalue weighted by Crippen LogP contribution is 2.60. The summed E-state index contributed by atoms with van der Waals surface area (Å²) in [4.78, 5) is 11.3. The lowest BCUT2D eigenvalue weighted by Gasteiger charge is -2.37. The molecule has 2 nitrogen and oxygen atoms in total. The van der Waals surface area contributed by atoms with Gasteiger partial charge in [0.1, 0.15) is 0 Å². The highest BCUT2D eigenvalue weighted by Gasteiger charge is 2.52. The fraction of sp³-hybridized carbons (Fsp3) is 0.917. The maximum absolute atomic E-state index is 11.3. The zero-order valence-electron chi connectivity index (χ0n) is 9.38. The summed E-state index contributed by atoms with van der Waals surface area (Å²) >= 11 is 0. The van der Waals surface area contributed by atoms with Crippen LogP contribution in [0, 0.1) is 23.2 Å². The van der Waals surface area contributed by atoms with Crippen LogP contribution in [0.15, 0.2) is 0 Å². The molecule has 0 aromatic heterocycles. The van der Waals surface area contributed by atoms with Crippen LogP contribution in [0.3, 0.4) is 0 Å². The van der Waals surface area contributed by atoms with E-state index >= 15 is 0 Å². The lowest BCUT2D eigenvalue weighted by atomic mass is 9.67. The number of methoxy groups -OCH3 is 1. The van der Waals surface area contributed by atoms with Crippen molar-refractivity contribution in [2.75, 3.05) is 7.11 Å². The van der Waals surface area contributed by atoms with Gasteiger partial charge in [0.25, 0.3) is 0 Å². The van der Waals surface area contributed by atoms with E-state index in [4.69, 9.17) is 4.74 Å². The molecule has 2 aliphatic carbocycles. The maximum atomic E-state index is 11.3. The number of hydrogen-bond acceptors (Lipinski definition) is 2. The van der Waals surface area contributed by atoms with Crippen LogP contribution >= 0.6 is 0 Å². The molecule has 0 spiro atoms. The molecule has 2 rings (SSSR count). The van der Waals surface area contributed by atoms with Gasteiger partial charge in [-0.2, -0.15) is 0 Å². The van der Waals surface area contributed by atoms with Gasteiger partial charge in [0, 0.05) is 6.42 Å². The van der Waals surface area contributed by atoms with Crippen LogP contribution in [0.1, 0.15) is 39.5 Å². The first kappa shape index (κ1) is 10.0. The molecule has 80 valence electrons. The zero-order valence-corrected chi connectivity index (χ0v) is 9.38. The molecule has 2 fully saturated rings. The Bertz CT molecular complexity index is 245. The minimum Gasteiger partial charge on any atom is -0.469 e. The average Bonchev–Trinajstić information content (AvgIpc) is 2.68. The van der Waals surface area contributed by atoms with E-state index in [1.807, 2.05) is 0 Å². The Morgan fingerprint density at radius 2 is 2.14 bits per heavy atom. The van der Waals surface area contributed by atoms with Gasteiger partial charge in [-0.1, -0.05) is 13.8 Å². The van der Waals surface area contributed by atoms with Crippen molar-refractivity contribution in [3.8, 4) is 0 Å². The van der Waals surface area contributed by atoms with Crippen LogP contribution in [-0.4, -0.2) is 13.1 Å². The minimum absolute atomic E-state index is 0.0318. The molecule has 0 heterocycles. The van der Waals surface area contributed by atoms with Crippen molar-refractivity contribution < 1.29 is 9.53 Å². The smallest absolute Gasteiger partial charge is 0.305 e. The Morgan fingerprint density at radius 1 is 1.43 bits per heavy atom. The highest BCUT2D eigenvalue weighted by atomic mass is 16.5. The first-order chi connectivity index (χ1) is 6.55. The van der Waals surface area contributed by atoms with Gasteiger partial charge >= 0.3 is 5.97 Å². The SMILES string of the molecule is COC(=O)C[C@H]1[C@@H]2CC[C@@H](C2)C1(C)C. The number of rotatable bonds is 2. The standard InChI is InChI=1S/C12H20O2/c1-12(2)9-5-4-8(6-9)10(12)7-11(13)14-3/h8-10H,4-7H2,1-3H3/t8-,9+,10+/m1/s1. The summed E-state index contributed by atoms with van der Waals surface area (Å²) in [7, 11) is 1.49. The zero-order chi connectivity index (χ0) is 10.3. The second-order valence-corrected chi connectivity index (χ2v) is 5.48. The molecule has 3 atom stereocenters. The topological polar surface area (TPSA) is 26.3 Å². The summed E-state index contributed by atoms with van der Waals surface area (Å²) in [5.41, 5.74) is 0.358. The number of carbonyl (C=O) groups is 1. The van der Waals surface area contributed by atoms with E-state index in [0.717, 1.165) is 11.8 Å². The highest BCUT2D eigenvalue weighted by molar-refractivity contribution is 5.69. The summed E-state index contributed by atoms with van der Waals surface area (Å²) in [6.07, 6.45) is 4.67. The van der Waals surface area contributed by atoms with Crippen molar-refractivity contribution in [2.24, 2.45) is 23.2 Å². The predicted octanol–water partition coefficient (Wildman–Crippen LogP) is 2.62. The van der Waals surface area contributed by atoms with Gasteiger partial charge in [0.15, 0.2) is 0 Å². The van der Waals surface area contributed by atoms with Crippen molar-refractivity contribution in [3.05, 3.63) is 0 Å². The number of esters is 1. The first-order valence-corrected chi connectivity index (χ1v) is 5.62. The molecular formula is C12H20O2. The van der Waals surface area contributed by atoms with E-state index in [0.29, 0.717) is 17.8 Å². The average molecular weight is 196 g/mol. The molecular weight excluding hydrogens is 176 g/mol. The van der Waals surface area contributed by atoms with E-state index in [2.05, 4.69) is 13.8 Å². The third-order valence-corrected chi connectivity index (χ3v) is 4.66. The van der Waals surface area contributed by atoms with E-state index in [-0.39, 0.29) is 5.97 Å². The van der Waals surface area contributed by atoms with Crippen LogP contribution < -0.4 is 0 Å². The van der Waals surface area contributed by atoms with Gasteiger partial charge in [-0.25, -0.2) is 0 Å². The summed E-state index contributed by atoms with van der Waals surface area (Å²) in [6.45, 7) is 4.65. The minimum atomic E-state index is -0.0318. The van der Waals surface area contributed by atoms with Gasteiger partial charge in [-0.15, -0.1) is 0 Å². The molecule has 0 aliphatic heterocycles. The Kier molecular flexibility index (Phi) is 2.32. The van der Waals surface area contributed by atoms with Gasteiger partial charge in [-0.3, -0.25) is 4.79 Å². The summed E-state index contributed by atoms with van der Waals surface area (Å²) in [5, 5.41) is 0. The monoisotopic (exact) mass is 196 g/mol. The molecule has 0 N–H and O–H groups in total. The first-order valence-electron chi connectivity index (χ1n) is 5.62. The third-order valence-electron chi connectivity index (χ3n) is 4.66. The van der Waals surface area contributed by atoms with Crippen molar-refractivity contribution in [1.82, 2.24) is 0 Å². The molecule has 2 saturated carbocycles. The fourth-order valence-corrected chi connectivity index (χ4v) is 3.66. The molecule has 0 unspecified atom stereocenters. The van der Waals surface area contributed by atoms with E-state index in [1.165, 1.54) is 26.4 Å². The second kappa shape index (κ2) is 3.25. The lowest BCUT2D eigenvalue weighted by molar-refractivity contribution is -0.143. The van der Waals surface area contributed by atoms with Crippen LogP contribution in [0.5, 0.6) is 0 Å². The van der Waals surface area contributed by atoms with E-state index in [1.54, 1.807) is 0 Å². The maximum Gasteiger partial charge on any atom is 0.305 e. The summed E-state index contributed by atoms with van der Waals surface area (Å²) in [6, 6.07) is 0. The fourth-order valence-electron chi connectivity index (χ4n) is 3.66. The Hall–Kier alpha value is -0.530. The van der Waals surface area contributed by atoms with Crippen molar-refractivity contribution in [1.29, 1.82) is 0 Å². The van der Waals surface area contributed by atoms with Crippen molar-refractivity contribution in [2.45, 2.75) is 39.5 Å². The van der Waals surface area contributed by atoms with Gasteiger partial charge in [0.05, 0.1) is 7.11 Å². The van der Waals surface area contributed by atoms with Gasteiger partial charge in [0.2, 0.25) is 0 Å². The number of carbonyl (C=O) groups excluding carboxylic acids is 1. The molecule has 2 bridgehead atoms. The second-order valence-electron chi connectivity index (χ2n) is 5.48. The van der Waals surface area contributed by atoms with Crippen LogP contribution in [0.4, 0.5) is 0 Å². The van der Waals surface area contributed by atoms with Gasteiger partial charge < -0.3 is 4.74 Å².